The number of furan rings is 1. The van der Waals surface area contributed by atoms with Gasteiger partial charge in [0, 0.05) is 142 Å². The van der Waals surface area contributed by atoms with E-state index in [2.05, 4.69) is 465 Å². The smallest absolute Gasteiger partial charge is 0.180 e. The molecule has 0 radical (unpaired) electrons. The van der Waals surface area contributed by atoms with Gasteiger partial charge in [-0.15, -0.1) is 0 Å². The van der Waals surface area contributed by atoms with E-state index in [0.29, 0.717) is 82.1 Å². The highest BCUT2D eigenvalue weighted by Crippen LogP contribution is 2.16. The Balaban J connectivity index is -0.000000102. The molecule has 10 N–H and O–H groups in total. The van der Waals surface area contributed by atoms with Crippen LogP contribution in [-0.2, 0) is 28.5 Å². The van der Waals surface area contributed by atoms with E-state index in [4.69, 9.17) is 23.7 Å². The Morgan fingerprint density at radius 3 is 0.655 bits per heavy atom. The Morgan fingerprint density at radius 1 is 0.290 bits per heavy atom. The summed E-state index contributed by atoms with van der Waals surface area (Å²) in [5, 5.41) is 24.8. The minimum atomic E-state index is 0.454. The van der Waals surface area contributed by atoms with Crippen molar-refractivity contribution in [3.05, 3.63) is 130 Å². The maximum absolute atomic E-state index is 10.2. The Bertz CT molecular complexity index is 2300. The van der Waals surface area contributed by atoms with Crippen LogP contribution in [-0.4, -0.2) is 165 Å². The van der Waals surface area contributed by atoms with Gasteiger partial charge in [0.05, 0.1) is 57.6 Å². The molecule has 4 aromatic rings. The highest BCUT2D eigenvalue weighted by molar-refractivity contribution is 5.80. The number of oxazole rings is 1. The number of morpholine rings is 1. The van der Waals surface area contributed by atoms with Crippen molar-refractivity contribution >= 4 is 12.0 Å². The number of nitrogens with zero attached hydrogens (tertiary/aromatic N) is 2. The maximum atomic E-state index is 10.2. The van der Waals surface area contributed by atoms with Crippen molar-refractivity contribution in [1.82, 2.24) is 57.5 Å². The number of aromatic amines is 2. The molecule has 145 heavy (non-hydrogen) atoms. The standard InChI is InChI=1S/C5H10O.C5H8O.13C5H12.C4H8N2.C4H10N2.C4H7NO.C4H9NO.C4H9N.3C4H5N.C4H8O.C4H4O.C4H10.C3H7NO.C3H3NO/c1-2-4-6-5-3-1;6-5-3-1-2-4-5;13*1-5(2,3)4;1-4-5-2-3-6-4;1-2-6-4-3-5-1;1-4-5-2-3-6-4;1-3-6-4-2-5-1;6*1-2-4-5-3-1;1-4(2)3;2*1-2-5-3-4-1/h1-5H2;1-4H2;13*1-4H3;5-6H,1-3H2;5-6H,1-4H2;5H,1-3H2;5H,1-4H2;5H,1-4H2;1,3-4H,2H2;2*1-5H;1-4H2;1-4H;4H,1-3H3;4H,1-3H2;1-3H. The van der Waals surface area contributed by atoms with Gasteiger partial charge in [-0.1, -0.05) is 393 Å². The molecule has 0 aromatic carbocycles. The first-order chi connectivity index (χ1) is 65.4. The van der Waals surface area contributed by atoms with Crippen LogP contribution in [0, 0.1) is 76.3 Å². The first kappa shape index (κ1) is 170. The van der Waals surface area contributed by atoms with Gasteiger partial charge in [0.15, 0.2) is 12.3 Å². The van der Waals surface area contributed by atoms with Gasteiger partial charge in [0.1, 0.15) is 18.7 Å². The van der Waals surface area contributed by atoms with E-state index in [1.807, 2.05) is 73.5 Å². The molecule has 0 spiro atoms. The molecular weight excluding hydrogens is 1800 g/mol. The molecule has 0 atom stereocenters. The van der Waals surface area contributed by atoms with E-state index in [-0.39, 0.29) is 0 Å². The number of carbonyl (C=O) groups is 1. The average Bonchev–Trinajstić information content (AvgIpc) is 1.90. The van der Waals surface area contributed by atoms with Crippen molar-refractivity contribution in [2.24, 2.45) is 81.3 Å². The molecule has 0 amide bonds. The Kier molecular flexibility index (Phi) is 128. The minimum absolute atomic E-state index is 0.454. The SMILES string of the molecule is C1=CN=CC1.C1CCNC1.C1CCOC1.C1CCOCC1.C1CNCCN1.C1COCCN1.C1COCN1.C=C1NCCN1.C=C1NCCO1.CC(C)(C)C.CC(C)(C)C.CC(C)(C)C.CC(C)(C)C.CC(C)(C)C.CC(C)(C)C.CC(C)(C)C.CC(C)(C)C.CC(C)(C)C.CC(C)(C)C.CC(C)(C)C.CC(C)(C)C.CC(C)(C)C.CC(C)C.O=C1CCCC1.c1cc[nH]c1.c1cc[nH]c1.c1ccoc1.c1cocn1. The summed E-state index contributed by atoms with van der Waals surface area (Å²) in [6.07, 6.45) is 35.2. The average molecular weight is 2060 g/mol. The molecule has 9 fully saturated rings. The van der Waals surface area contributed by atoms with Crippen LogP contribution in [0.25, 0.3) is 0 Å². The fraction of sp³-hybridized carbons (Fsp3) is 0.816. The number of allylic oxidation sites excluding steroid dienone is 1. The van der Waals surface area contributed by atoms with E-state index in [0.717, 1.165) is 169 Å². The molecule has 14 rings (SSSR count). The molecule has 0 unspecified atom stereocenters. The van der Waals surface area contributed by atoms with Crippen molar-refractivity contribution in [3.8, 4) is 0 Å². The van der Waals surface area contributed by atoms with E-state index in [9.17, 15) is 4.79 Å². The third-order valence-electron chi connectivity index (χ3n) is 10.3. The maximum Gasteiger partial charge on any atom is 0.180 e. The van der Waals surface area contributed by atoms with Gasteiger partial charge in [-0.3, -0.25) is 15.1 Å². The zero-order chi connectivity index (χ0) is 116. The number of nitrogens with one attached hydrogen (secondary N) is 10. The Morgan fingerprint density at radius 2 is 0.566 bits per heavy atom. The summed E-state index contributed by atoms with van der Waals surface area (Å²) in [4.78, 5) is 23.3. The molecule has 8 saturated heterocycles. The van der Waals surface area contributed by atoms with E-state index in [1.54, 1.807) is 24.9 Å². The van der Waals surface area contributed by atoms with Crippen LogP contribution in [0.3, 0.4) is 0 Å². The van der Waals surface area contributed by atoms with Crippen molar-refractivity contribution < 1.29 is 37.3 Å². The molecule has 20 heteroatoms. The number of aliphatic imine (C=N–C) groups is 1. The zero-order valence-electron chi connectivity index (χ0n) is 108. The number of rotatable bonds is 0. The minimum Gasteiger partial charge on any atom is -0.478 e. The fourth-order valence-corrected chi connectivity index (χ4v) is 6.24. The predicted molar refractivity (Wildman–Crippen MR) is 653 cm³/mol. The molecule has 872 valence electrons. The number of hydrogen-bond donors (Lipinski definition) is 10. The Hall–Kier alpha value is -5.55. The van der Waals surface area contributed by atoms with Crippen LogP contribution < -0.4 is 42.5 Å². The Labute approximate surface area is 908 Å². The fourth-order valence-electron chi connectivity index (χ4n) is 6.24. The van der Waals surface area contributed by atoms with E-state index < -0.39 is 0 Å². The van der Waals surface area contributed by atoms with Crippen molar-refractivity contribution in [2.75, 3.05) is 138 Å². The number of carbonyl (C=O) groups excluding carboxylic acids is 1. The number of hydrogen-bond acceptors (Lipinski definition) is 18. The van der Waals surface area contributed by atoms with Gasteiger partial charge in [0.2, 0.25) is 0 Å². The first-order valence-electron chi connectivity index (χ1n) is 55.1. The second kappa shape index (κ2) is 110. The van der Waals surface area contributed by atoms with Crippen molar-refractivity contribution in [1.29, 1.82) is 0 Å². The van der Waals surface area contributed by atoms with Crippen LogP contribution in [0.1, 0.15) is 458 Å². The van der Waals surface area contributed by atoms with E-state index in [1.165, 1.54) is 70.7 Å². The summed E-state index contributed by atoms with van der Waals surface area (Å²) in [7, 11) is 0. The lowest BCUT2D eigenvalue weighted by Crippen LogP contribution is -2.39. The number of Topliss-reactive ketones (excluding diaryl/α,β-unsaturated/α-hetero) is 1. The summed E-state index contributed by atoms with van der Waals surface area (Å²) in [6.45, 7) is 149. The molecule has 4 aromatic heterocycles. The topological polar surface area (TPSA) is 243 Å². The molecule has 13 heterocycles. The second-order valence-electron chi connectivity index (χ2n) is 57.6. The summed E-state index contributed by atoms with van der Waals surface area (Å²) in [5.41, 5.74) is 6.50. The van der Waals surface area contributed by atoms with Gasteiger partial charge in [0.25, 0.3) is 0 Å². The summed E-state index contributed by atoms with van der Waals surface area (Å²) < 4.78 is 33.8. The largest absolute Gasteiger partial charge is 0.478 e. The van der Waals surface area contributed by atoms with Crippen LogP contribution in [0.2, 0.25) is 0 Å². The highest BCUT2D eigenvalue weighted by Gasteiger charge is 2.09. The summed E-state index contributed by atoms with van der Waals surface area (Å²) >= 11 is 0. The second-order valence-corrected chi connectivity index (χ2v) is 57.6. The monoisotopic (exact) mass is 2060 g/mol. The van der Waals surface area contributed by atoms with Gasteiger partial charge in [-0.05, 0) is 190 Å². The normalized spacial score (nSPS) is 15.4. The third-order valence-corrected chi connectivity index (χ3v) is 10.3. The van der Waals surface area contributed by atoms with Gasteiger partial charge < -0.3 is 79.7 Å². The third kappa shape index (κ3) is 478. The number of ketones is 1. The quantitative estimate of drug-likeness (QED) is 0.0787. The van der Waals surface area contributed by atoms with Crippen LogP contribution in [0.5, 0.6) is 0 Å². The number of ether oxygens (including phenoxy) is 5. The number of aromatic nitrogens is 3. The van der Waals surface area contributed by atoms with E-state index >= 15 is 0 Å². The van der Waals surface area contributed by atoms with Gasteiger partial charge >= 0.3 is 0 Å². The molecule has 10 aliphatic rings. The molecule has 20 nitrogen and oxygen atoms in total. The highest BCUT2D eigenvalue weighted by atomic mass is 16.5. The van der Waals surface area contributed by atoms with Crippen LogP contribution in [0.15, 0.2) is 144 Å². The summed E-state index contributed by atoms with van der Waals surface area (Å²) in [5.74, 6) is 2.94. The van der Waals surface area contributed by atoms with Gasteiger partial charge in [-0.2, -0.15) is 0 Å². The molecule has 1 aliphatic carbocycles. The van der Waals surface area contributed by atoms with Crippen molar-refractivity contribution in [3.63, 3.8) is 0 Å². The molecule has 9 aliphatic heterocycles. The lowest BCUT2D eigenvalue weighted by Gasteiger charge is -2.11. The lowest BCUT2D eigenvalue weighted by atomic mass is 10.0. The molecular formula is C125H264N12O8. The lowest BCUT2D eigenvalue weighted by molar-refractivity contribution is -0.117. The molecule has 1 saturated carbocycles. The number of H-pyrrole nitrogens is 2. The first-order valence-corrected chi connectivity index (χ1v) is 55.1. The van der Waals surface area contributed by atoms with Crippen LogP contribution in [0.4, 0.5) is 0 Å². The van der Waals surface area contributed by atoms with Crippen LogP contribution >= 0.6 is 0 Å². The van der Waals surface area contributed by atoms with Gasteiger partial charge in [-0.25, -0.2) is 4.98 Å². The molecule has 0 bridgehead atoms. The van der Waals surface area contributed by atoms with Crippen molar-refractivity contribution in [2.45, 2.75) is 458 Å². The predicted octanol–water partition coefficient (Wildman–Crippen LogP) is 34.9. The summed E-state index contributed by atoms with van der Waals surface area (Å²) in [6, 6.07) is 11.4. The zero-order valence-corrected chi connectivity index (χ0v) is 108. The number of piperazine rings is 1.